The van der Waals surface area contributed by atoms with Crippen LogP contribution in [0, 0.1) is 5.92 Å². The van der Waals surface area contributed by atoms with Gasteiger partial charge in [0, 0.05) is 0 Å². The summed E-state index contributed by atoms with van der Waals surface area (Å²) in [7, 11) is -3.68. The summed E-state index contributed by atoms with van der Waals surface area (Å²) >= 11 is 0. The number of unbranched alkanes of at least 4 members (excludes halogenated alkanes) is 1. The number of hydrogen-bond donors (Lipinski definition) is 3. The molecule has 164 valence electrons. The predicted octanol–water partition coefficient (Wildman–Crippen LogP) is 2.17. The maximum atomic E-state index is 12.9. The fourth-order valence-electron chi connectivity index (χ4n) is 3.45. The van der Waals surface area contributed by atoms with Crippen molar-refractivity contribution in [1.29, 1.82) is 0 Å². The van der Waals surface area contributed by atoms with Crippen LogP contribution < -0.4 is 5.32 Å². The van der Waals surface area contributed by atoms with Crippen molar-refractivity contribution in [3.63, 3.8) is 0 Å². The molecule has 0 aliphatic rings. The molecule has 1 amide bonds. The number of aliphatic hydroxyl groups is 1. The Bertz CT molecular complexity index is 967. The maximum Gasteiger partial charge on any atom is 0.326 e. The summed E-state index contributed by atoms with van der Waals surface area (Å²) in [6.45, 7) is 1.39. The summed E-state index contributed by atoms with van der Waals surface area (Å²) in [5.41, 5.74) is 0.813. The molecule has 0 aliphatic heterocycles. The van der Waals surface area contributed by atoms with E-state index in [-0.39, 0.29) is 12.8 Å². The molecule has 0 aliphatic carbocycles. The van der Waals surface area contributed by atoms with Crippen LogP contribution in [0.15, 0.2) is 42.5 Å². The number of amides is 1. The van der Waals surface area contributed by atoms with E-state index >= 15 is 0 Å². The Morgan fingerprint density at radius 1 is 1.10 bits per heavy atom. The summed E-state index contributed by atoms with van der Waals surface area (Å²) in [6, 6.07) is 12.2. The number of aliphatic carboxylic acids is 1. The first-order valence-electron chi connectivity index (χ1n) is 10.1. The van der Waals surface area contributed by atoms with Gasteiger partial charge in [-0.3, -0.25) is 4.79 Å². The van der Waals surface area contributed by atoms with Crippen molar-refractivity contribution in [1.82, 2.24) is 5.32 Å². The first-order chi connectivity index (χ1) is 14.3. The Balaban J connectivity index is 2.31. The number of fused-ring (bicyclic) bond motifs is 1. The van der Waals surface area contributed by atoms with Gasteiger partial charge in [0.2, 0.25) is 5.91 Å². The largest absolute Gasteiger partial charge is 0.480 e. The summed E-state index contributed by atoms with van der Waals surface area (Å²) < 4.78 is 24.7. The van der Waals surface area contributed by atoms with Crippen molar-refractivity contribution in [2.24, 2.45) is 5.92 Å². The van der Waals surface area contributed by atoms with E-state index in [4.69, 9.17) is 5.11 Å². The molecule has 0 saturated heterocycles. The molecule has 0 saturated carbocycles. The molecule has 0 fully saturated rings. The van der Waals surface area contributed by atoms with E-state index in [1.54, 1.807) is 0 Å². The van der Waals surface area contributed by atoms with Crippen LogP contribution in [0.4, 0.5) is 0 Å². The molecule has 0 bridgehead atoms. The molecule has 8 heteroatoms. The minimum absolute atomic E-state index is 0.151. The molecule has 0 radical (unpaired) electrons. The van der Waals surface area contributed by atoms with Crippen LogP contribution in [0.2, 0.25) is 0 Å². The molecule has 0 spiro atoms. The number of aliphatic hydroxyl groups excluding tert-OH is 1. The lowest BCUT2D eigenvalue weighted by Crippen LogP contribution is -2.45. The van der Waals surface area contributed by atoms with Gasteiger partial charge in [0.05, 0.1) is 24.0 Å². The lowest BCUT2D eigenvalue weighted by molar-refractivity contribution is -0.142. The number of nitrogens with one attached hydrogen (secondary N) is 1. The van der Waals surface area contributed by atoms with Crippen LogP contribution in [0.3, 0.4) is 0 Å². The smallest absolute Gasteiger partial charge is 0.326 e. The zero-order chi connectivity index (χ0) is 22.1. The normalized spacial score (nSPS) is 13.7. The van der Waals surface area contributed by atoms with Gasteiger partial charge in [-0.25, -0.2) is 13.2 Å². The van der Waals surface area contributed by atoms with Gasteiger partial charge in [-0.1, -0.05) is 62.2 Å². The van der Waals surface area contributed by atoms with Crippen LogP contribution >= 0.6 is 0 Å². The highest BCUT2D eigenvalue weighted by Crippen LogP contribution is 2.22. The van der Waals surface area contributed by atoms with Gasteiger partial charge >= 0.3 is 5.97 Å². The Labute approximate surface area is 177 Å². The lowest BCUT2D eigenvalue weighted by atomic mass is 9.95. The SMILES string of the molecule is CCCCC(NC(=O)C(Cc1cccc2ccccc12)CS(=O)(=O)CCO)C(=O)O. The molecular formula is C22H29NO6S. The molecular weight excluding hydrogens is 406 g/mol. The fraction of sp³-hybridized carbons (Fsp3) is 0.455. The molecule has 2 aromatic rings. The maximum absolute atomic E-state index is 12.9. The van der Waals surface area contributed by atoms with Crippen LogP contribution in [-0.4, -0.2) is 54.7 Å². The predicted molar refractivity (Wildman–Crippen MR) is 116 cm³/mol. The highest BCUT2D eigenvalue weighted by molar-refractivity contribution is 7.91. The average molecular weight is 436 g/mol. The summed E-state index contributed by atoms with van der Waals surface area (Å²) in [4.78, 5) is 24.5. The van der Waals surface area contributed by atoms with E-state index in [9.17, 15) is 23.1 Å². The van der Waals surface area contributed by atoms with E-state index in [1.165, 1.54) is 0 Å². The second-order valence-corrected chi connectivity index (χ2v) is 9.65. The summed E-state index contributed by atoms with van der Waals surface area (Å²) in [6.07, 6.45) is 1.85. The minimum Gasteiger partial charge on any atom is -0.480 e. The van der Waals surface area contributed by atoms with E-state index in [2.05, 4.69) is 5.32 Å². The third-order valence-electron chi connectivity index (χ3n) is 5.04. The third-order valence-corrected chi connectivity index (χ3v) is 6.75. The quantitative estimate of drug-likeness (QED) is 0.470. The Morgan fingerprint density at radius 2 is 1.80 bits per heavy atom. The van der Waals surface area contributed by atoms with Crippen molar-refractivity contribution >= 4 is 32.5 Å². The highest BCUT2D eigenvalue weighted by atomic mass is 32.2. The number of benzene rings is 2. The number of carbonyl (C=O) groups excluding carboxylic acids is 1. The highest BCUT2D eigenvalue weighted by Gasteiger charge is 2.29. The van der Waals surface area contributed by atoms with E-state index < -0.39 is 51.8 Å². The molecule has 30 heavy (non-hydrogen) atoms. The molecule has 2 aromatic carbocycles. The number of carboxylic acid groups (broad SMARTS) is 1. The molecule has 2 rings (SSSR count). The van der Waals surface area contributed by atoms with Gasteiger partial charge in [0.1, 0.15) is 6.04 Å². The van der Waals surface area contributed by atoms with Gasteiger partial charge in [0.15, 0.2) is 9.84 Å². The molecule has 3 N–H and O–H groups in total. The Hall–Kier alpha value is -2.45. The second kappa shape index (κ2) is 11.1. The lowest BCUT2D eigenvalue weighted by Gasteiger charge is -2.21. The van der Waals surface area contributed by atoms with E-state index in [0.29, 0.717) is 6.42 Å². The van der Waals surface area contributed by atoms with Crippen LogP contribution in [0.5, 0.6) is 0 Å². The van der Waals surface area contributed by atoms with Crippen molar-refractivity contribution in [3.8, 4) is 0 Å². The molecule has 7 nitrogen and oxygen atoms in total. The molecule has 0 aromatic heterocycles. The van der Waals surface area contributed by atoms with Gasteiger partial charge in [-0.2, -0.15) is 0 Å². The minimum atomic E-state index is -3.68. The number of sulfone groups is 1. The van der Waals surface area contributed by atoms with Crippen molar-refractivity contribution in [2.75, 3.05) is 18.1 Å². The Morgan fingerprint density at radius 3 is 2.47 bits per heavy atom. The van der Waals surface area contributed by atoms with Crippen molar-refractivity contribution in [3.05, 3.63) is 48.0 Å². The van der Waals surface area contributed by atoms with Crippen molar-refractivity contribution in [2.45, 2.75) is 38.6 Å². The number of carbonyl (C=O) groups is 2. The van der Waals surface area contributed by atoms with Gasteiger partial charge < -0.3 is 15.5 Å². The van der Waals surface area contributed by atoms with Crippen LogP contribution in [0.25, 0.3) is 10.8 Å². The zero-order valence-corrected chi connectivity index (χ0v) is 17.9. The number of rotatable bonds is 12. The van der Waals surface area contributed by atoms with Crippen LogP contribution in [-0.2, 0) is 25.8 Å². The summed E-state index contributed by atoms with van der Waals surface area (Å²) in [5.74, 6) is -3.60. The first kappa shape index (κ1) is 23.8. The fourth-order valence-corrected chi connectivity index (χ4v) is 4.77. The molecule has 2 atom stereocenters. The zero-order valence-electron chi connectivity index (χ0n) is 17.1. The summed E-state index contributed by atoms with van der Waals surface area (Å²) in [5, 5.41) is 22.9. The number of hydrogen-bond acceptors (Lipinski definition) is 5. The third kappa shape index (κ3) is 6.81. The molecule has 2 unspecified atom stereocenters. The van der Waals surface area contributed by atoms with E-state index in [0.717, 1.165) is 22.8 Å². The average Bonchev–Trinajstić information content (AvgIpc) is 2.70. The van der Waals surface area contributed by atoms with Crippen LogP contribution in [0.1, 0.15) is 31.7 Å². The van der Waals surface area contributed by atoms with E-state index in [1.807, 2.05) is 49.4 Å². The number of carboxylic acids is 1. The first-order valence-corrected chi connectivity index (χ1v) is 11.9. The standard InChI is InChI=1S/C22H29NO6S/c1-2-3-11-20(22(26)27)23-21(25)18(15-30(28,29)13-12-24)14-17-9-6-8-16-7-4-5-10-19(16)17/h4-10,18,20,24H,2-3,11-15H2,1H3,(H,23,25)(H,26,27). The van der Waals surface area contributed by atoms with Gasteiger partial charge in [-0.05, 0) is 29.2 Å². The van der Waals surface area contributed by atoms with Crippen molar-refractivity contribution < 1.29 is 28.2 Å². The van der Waals surface area contributed by atoms with Gasteiger partial charge in [0.25, 0.3) is 0 Å². The van der Waals surface area contributed by atoms with Gasteiger partial charge in [-0.15, -0.1) is 0 Å². The topological polar surface area (TPSA) is 121 Å². The Kier molecular flexibility index (Phi) is 8.80. The molecule has 0 heterocycles. The monoisotopic (exact) mass is 435 g/mol. The second-order valence-electron chi connectivity index (χ2n) is 7.42.